The minimum absolute atomic E-state index is 0.0260. The Kier molecular flexibility index (Phi) is 9.19. The minimum Gasteiger partial charge on any atom is -0.507 e. The van der Waals surface area contributed by atoms with Crippen molar-refractivity contribution in [2.45, 2.75) is 71.9 Å². The zero-order valence-corrected chi connectivity index (χ0v) is 22.1. The summed E-state index contributed by atoms with van der Waals surface area (Å²) in [7, 11) is 0. The van der Waals surface area contributed by atoms with E-state index in [2.05, 4.69) is 19.8 Å². The highest BCUT2D eigenvalue weighted by Crippen LogP contribution is 2.32. The molecule has 0 fully saturated rings. The van der Waals surface area contributed by atoms with E-state index in [4.69, 9.17) is 0 Å². The van der Waals surface area contributed by atoms with E-state index < -0.39 is 11.1 Å². The number of aryl methyl sites for hydroxylation is 1. The highest BCUT2D eigenvalue weighted by molar-refractivity contribution is 5.43. The first-order valence-corrected chi connectivity index (χ1v) is 12.4. The lowest BCUT2D eigenvalue weighted by Crippen LogP contribution is -2.46. The van der Waals surface area contributed by atoms with E-state index >= 15 is 0 Å². The lowest BCUT2D eigenvalue weighted by atomic mass is 9.97. The number of phenolic OH excluding ortho intramolecular Hbond substituents is 1. The summed E-state index contributed by atoms with van der Waals surface area (Å²) in [5.41, 5.74) is 3.39. The van der Waals surface area contributed by atoms with E-state index in [-0.39, 0.29) is 19.0 Å². The Balaban J connectivity index is 1.93. The molecule has 194 valence electrons. The lowest BCUT2D eigenvalue weighted by molar-refractivity contribution is 0.0404. The average Bonchev–Trinajstić information content (AvgIpc) is 2.87. The normalized spacial score (nSPS) is 12.5. The molecule has 0 bridgehead atoms. The molecule has 0 spiro atoms. The summed E-state index contributed by atoms with van der Waals surface area (Å²) in [6.07, 6.45) is 3.53. The summed E-state index contributed by atoms with van der Waals surface area (Å²) in [6.45, 7) is 11.9. The van der Waals surface area contributed by atoms with E-state index in [1.165, 1.54) is 0 Å². The number of hydrogen-bond donors (Lipinski definition) is 3. The fraction of sp³-hybridized carbons (Fsp3) is 0.448. The molecular formula is C29H40N4O3. The first kappa shape index (κ1) is 27.7. The van der Waals surface area contributed by atoms with Crippen LogP contribution in [0.3, 0.4) is 0 Å². The Bertz CT molecular complexity index is 1020. The fourth-order valence-corrected chi connectivity index (χ4v) is 4.13. The summed E-state index contributed by atoms with van der Waals surface area (Å²) in [5.74, 6) is 0.236. The van der Waals surface area contributed by atoms with E-state index in [0.29, 0.717) is 26.2 Å². The molecule has 0 atom stereocenters. The minimum atomic E-state index is -0.516. The van der Waals surface area contributed by atoms with Gasteiger partial charge in [0, 0.05) is 60.8 Å². The van der Waals surface area contributed by atoms with Gasteiger partial charge in [-0.05, 0) is 58.9 Å². The summed E-state index contributed by atoms with van der Waals surface area (Å²) in [5, 5.41) is 31.6. The molecule has 2 heterocycles. The number of phenols is 1. The third kappa shape index (κ3) is 7.11. The van der Waals surface area contributed by atoms with Crippen LogP contribution in [-0.2, 0) is 26.2 Å². The van der Waals surface area contributed by atoms with Gasteiger partial charge in [-0.1, -0.05) is 29.8 Å². The molecule has 0 aliphatic carbocycles. The molecule has 0 aliphatic heterocycles. The Labute approximate surface area is 215 Å². The van der Waals surface area contributed by atoms with E-state index in [1.807, 2.05) is 83.1 Å². The van der Waals surface area contributed by atoms with Gasteiger partial charge in [0.05, 0.1) is 24.6 Å². The Morgan fingerprint density at radius 2 is 1.11 bits per heavy atom. The van der Waals surface area contributed by atoms with Crippen LogP contribution in [0.15, 0.2) is 60.9 Å². The van der Waals surface area contributed by atoms with Crippen LogP contribution in [0, 0.1) is 6.92 Å². The monoisotopic (exact) mass is 492 g/mol. The van der Waals surface area contributed by atoms with Crippen LogP contribution < -0.4 is 0 Å². The number of aromatic nitrogens is 2. The zero-order valence-electron chi connectivity index (χ0n) is 22.1. The van der Waals surface area contributed by atoms with Crippen LogP contribution in [0.2, 0.25) is 0 Å². The molecule has 3 aromatic rings. The van der Waals surface area contributed by atoms with Crippen LogP contribution in [0.5, 0.6) is 5.75 Å². The molecule has 0 amide bonds. The van der Waals surface area contributed by atoms with Gasteiger partial charge >= 0.3 is 0 Å². The predicted molar refractivity (Wildman–Crippen MR) is 142 cm³/mol. The van der Waals surface area contributed by atoms with E-state index in [9.17, 15) is 15.3 Å². The SMILES string of the molecule is Cc1cc(CN(Cc2ccccn2)C(C)(C)CO)c(O)c(CN(Cc2ccccn2)C(C)(C)CO)c1. The highest BCUT2D eigenvalue weighted by Gasteiger charge is 2.30. The van der Waals surface area contributed by atoms with Gasteiger partial charge in [-0.15, -0.1) is 0 Å². The van der Waals surface area contributed by atoms with Gasteiger partial charge in [-0.25, -0.2) is 0 Å². The van der Waals surface area contributed by atoms with Gasteiger partial charge in [0.25, 0.3) is 0 Å². The van der Waals surface area contributed by atoms with Gasteiger partial charge in [0.2, 0.25) is 0 Å². The maximum absolute atomic E-state index is 11.4. The van der Waals surface area contributed by atoms with Gasteiger partial charge in [0.1, 0.15) is 5.75 Å². The second-order valence-electron chi connectivity index (χ2n) is 10.7. The fourth-order valence-electron chi connectivity index (χ4n) is 4.13. The Morgan fingerprint density at radius 3 is 1.44 bits per heavy atom. The molecule has 7 nitrogen and oxygen atoms in total. The van der Waals surface area contributed by atoms with Crippen LogP contribution in [0.1, 0.15) is 55.8 Å². The topological polar surface area (TPSA) is 93.0 Å². The number of benzene rings is 1. The van der Waals surface area contributed by atoms with Gasteiger partial charge in [0.15, 0.2) is 0 Å². The van der Waals surface area contributed by atoms with Gasteiger partial charge < -0.3 is 15.3 Å². The highest BCUT2D eigenvalue weighted by atomic mass is 16.3. The quantitative estimate of drug-likeness (QED) is 0.351. The van der Waals surface area contributed by atoms with Crippen molar-refractivity contribution in [3.8, 4) is 5.75 Å². The second kappa shape index (κ2) is 11.9. The number of nitrogens with zero attached hydrogens (tertiary/aromatic N) is 4. The van der Waals surface area contributed by atoms with Crippen molar-refractivity contribution in [3.05, 3.63) is 89.0 Å². The molecule has 0 saturated carbocycles. The van der Waals surface area contributed by atoms with E-state index in [0.717, 1.165) is 28.1 Å². The molecule has 3 N–H and O–H groups in total. The standard InChI is InChI=1S/C29H40N4O3/c1-22-14-23(16-32(28(2,3)20-34)18-25-10-6-8-12-30-25)27(36)24(15-22)17-33(29(4,5)21-35)19-26-11-7-9-13-31-26/h6-15,34-36H,16-21H2,1-5H3. The maximum atomic E-state index is 11.4. The molecule has 0 unspecified atom stereocenters. The van der Waals surface area contributed by atoms with Gasteiger partial charge in [-0.3, -0.25) is 19.8 Å². The number of hydrogen-bond acceptors (Lipinski definition) is 7. The van der Waals surface area contributed by atoms with Crippen molar-refractivity contribution in [2.75, 3.05) is 13.2 Å². The predicted octanol–water partition coefficient (Wildman–Crippen LogP) is 4.04. The average molecular weight is 493 g/mol. The van der Waals surface area contributed by atoms with Crippen LogP contribution >= 0.6 is 0 Å². The van der Waals surface area contributed by atoms with Crippen molar-refractivity contribution >= 4 is 0 Å². The third-order valence-corrected chi connectivity index (χ3v) is 6.78. The first-order valence-electron chi connectivity index (χ1n) is 12.4. The number of pyridine rings is 2. The molecule has 3 rings (SSSR count). The largest absolute Gasteiger partial charge is 0.507 e. The third-order valence-electron chi connectivity index (χ3n) is 6.78. The molecule has 7 heteroatoms. The summed E-state index contributed by atoms with van der Waals surface area (Å²) < 4.78 is 0. The van der Waals surface area contributed by atoms with Crippen molar-refractivity contribution in [2.24, 2.45) is 0 Å². The van der Waals surface area contributed by atoms with Crippen molar-refractivity contribution in [1.29, 1.82) is 0 Å². The van der Waals surface area contributed by atoms with E-state index in [1.54, 1.807) is 12.4 Å². The van der Waals surface area contributed by atoms with Gasteiger partial charge in [-0.2, -0.15) is 0 Å². The first-order chi connectivity index (χ1) is 17.1. The molecule has 0 aliphatic rings. The van der Waals surface area contributed by atoms with Crippen molar-refractivity contribution in [3.63, 3.8) is 0 Å². The van der Waals surface area contributed by atoms with Crippen LogP contribution in [0.25, 0.3) is 0 Å². The molecule has 36 heavy (non-hydrogen) atoms. The molecular weight excluding hydrogens is 452 g/mol. The lowest BCUT2D eigenvalue weighted by Gasteiger charge is -2.38. The number of rotatable bonds is 12. The smallest absolute Gasteiger partial charge is 0.124 e. The maximum Gasteiger partial charge on any atom is 0.124 e. The molecule has 0 radical (unpaired) electrons. The summed E-state index contributed by atoms with van der Waals surface area (Å²) in [4.78, 5) is 13.2. The van der Waals surface area contributed by atoms with Crippen LogP contribution in [0.4, 0.5) is 0 Å². The second-order valence-corrected chi connectivity index (χ2v) is 10.7. The Morgan fingerprint density at radius 1 is 0.694 bits per heavy atom. The number of aromatic hydroxyl groups is 1. The van der Waals surface area contributed by atoms with Crippen LogP contribution in [-0.4, -0.2) is 59.4 Å². The van der Waals surface area contributed by atoms with Crippen molar-refractivity contribution < 1.29 is 15.3 Å². The summed E-state index contributed by atoms with van der Waals surface area (Å²) >= 11 is 0. The summed E-state index contributed by atoms with van der Waals surface area (Å²) in [6, 6.07) is 15.6. The number of aliphatic hydroxyl groups excluding tert-OH is 2. The Hall–Kier alpha value is -2.84. The number of aliphatic hydroxyl groups is 2. The molecule has 2 aromatic heterocycles. The van der Waals surface area contributed by atoms with Crippen molar-refractivity contribution in [1.82, 2.24) is 19.8 Å². The molecule has 0 saturated heterocycles. The zero-order chi connectivity index (χ0) is 26.3. The molecule has 1 aromatic carbocycles.